The first kappa shape index (κ1) is 20.7. The third-order valence-corrected chi connectivity index (χ3v) is 4.65. The van der Waals surface area contributed by atoms with Gasteiger partial charge < -0.3 is 19.6 Å². The van der Waals surface area contributed by atoms with Crippen molar-refractivity contribution >= 4 is 17.8 Å². The van der Waals surface area contributed by atoms with Gasteiger partial charge in [0.05, 0.1) is 0 Å². The van der Waals surface area contributed by atoms with Crippen LogP contribution in [0.3, 0.4) is 0 Å². The molecule has 1 unspecified atom stereocenters. The Balaban J connectivity index is 1.97. The Bertz CT molecular complexity index is 659. The summed E-state index contributed by atoms with van der Waals surface area (Å²) >= 11 is 0. The second kappa shape index (κ2) is 9.94. The van der Waals surface area contributed by atoms with E-state index in [1.54, 1.807) is 29.0 Å². The topological polar surface area (TPSA) is 87.2 Å². The highest BCUT2D eigenvalue weighted by molar-refractivity contribution is 5.87. The summed E-state index contributed by atoms with van der Waals surface area (Å²) in [5, 5.41) is 8.63. The molecule has 0 bridgehead atoms. The third kappa shape index (κ3) is 5.98. The van der Waals surface area contributed by atoms with Crippen LogP contribution in [0.5, 0.6) is 5.75 Å². The van der Waals surface area contributed by atoms with E-state index in [2.05, 4.69) is 0 Å². The quantitative estimate of drug-likeness (QED) is 0.752. The molecule has 0 aliphatic carbocycles. The molecule has 1 heterocycles. The fraction of sp³-hybridized carbons (Fsp3) is 0.550. The van der Waals surface area contributed by atoms with Crippen molar-refractivity contribution < 1.29 is 24.2 Å². The number of carbonyl (C=O) groups is 3. The number of hydrogen-bond donors (Lipinski definition) is 1. The maximum atomic E-state index is 12.9. The Morgan fingerprint density at radius 2 is 1.93 bits per heavy atom. The van der Waals surface area contributed by atoms with E-state index in [-0.39, 0.29) is 24.5 Å². The number of hydrogen-bond acceptors (Lipinski definition) is 4. The van der Waals surface area contributed by atoms with E-state index in [9.17, 15) is 14.4 Å². The molecule has 0 aromatic heterocycles. The molecule has 1 aromatic rings. The van der Waals surface area contributed by atoms with Crippen LogP contribution in [0, 0.1) is 0 Å². The first-order valence-electron chi connectivity index (χ1n) is 9.40. The number of ether oxygens (including phenoxy) is 1. The maximum absolute atomic E-state index is 12.9. The predicted octanol–water partition coefficient (Wildman–Crippen LogP) is 2.29. The van der Waals surface area contributed by atoms with Gasteiger partial charge in [0.15, 0.2) is 6.61 Å². The van der Waals surface area contributed by atoms with Gasteiger partial charge in [-0.1, -0.05) is 19.1 Å². The smallest absolute Gasteiger partial charge is 0.341 e. The number of piperidine rings is 1. The molecule has 148 valence electrons. The van der Waals surface area contributed by atoms with E-state index in [0.29, 0.717) is 31.7 Å². The van der Waals surface area contributed by atoms with E-state index >= 15 is 0 Å². The Kier molecular flexibility index (Phi) is 7.64. The first-order valence-corrected chi connectivity index (χ1v) is 9.40. The second-order valence-electron chi connectivity index (χ2n) is 6.87. The fourth-order valence-corrected chi connectivity index (χ4v) is 3.29. The molecule has 1 saturated heterocycles. The number of amides is 2. The fourth-order valence-electron chi connectivity index (χ4n) is 3.29. The summed E-state index contributed by atoms with van der Waals surface area (Å²) in [6.07, 6.45) is 3.87. The minimum atomic E-state index is -1.03. The van der Waals surface area contributed by atoms with Gasteiger partial charge in [0.1, 0.15) is 11.8 Å². The molecule has 1 atom stereocenters. The number of carboxylic acids is 1. The van der Waals surface area contributed by atoms with Gasteiger partial charge in [-0.3, -0.25) is 9.59 Å². The molecular formula is C20H28N2O5. The predicted molar refractivity (Wildman–Crippen MR) is 100 cm³/mol. The van der Waals surface area contributed by atoms with Gasteiger partial charge in [-0.2, -0.15) is 0 Å². The van der Waals surface area contributed by atoms with Crippen LogP contribution in [0.4, 0.5) is 0 Å². The van der Waals surface area contributed by atoms with Crippen molar-refractivity contribution in [3.05, 3.63) is 29.8 Å². The van der Waals surface area contributed by atoms with Crippen molar-refractivity contribution in [1.82, 2.24) is 9.80 Å². The molecule has 7 heteroatoms. The van der Waals surface area contributed by atoms with E-state index in [1.165, 1.54) is 0 Å². The molecule has 0 saturated carbocycles. The average molecular weight is 376 g/mol. The van der Waals surface area contributed by atoms with Crippen molar-refractivity contribution in [1.29, 1.82) is 0 Å². The molecule has 1 aromatic carbocycles. The largest absolute Gasteiger partial charge is 0.482 e. The van der Waals surface area contributed by atoms with Crippen molar-refractivity contribution in [2.45, 2.75) is 51.6 Å². The standard InChI is InChI=1S/C20H28N2O5/c1-3-6-18(23)22-12-5-4-7-17(22)20(26)21(2)13-15-8-10-16(11-9-15)27-14-19(24)25/h8-11,17H,3-7,12-14H2,1-2H3,(H,24,25). The molecule has 0 spiro atoms. The first-order chi connectivity index (χ1) is 12.9. The monoisotopic (exact) mass is 376 g/mol. The molecule has 2 amide bonds. The molecule has 7 nitrogen and oxygen atoms in total. The van der Waals surface area contributed by atoms with Crippen LogP contribution < -0.4 is 4.74 Å². The van der Waals surface area contributed by atoms with Crippen LogP contribution in [0.2, 0.25) is 0 Å². The molecule has 1 N–H and O–H groups in total. The van der Waals surface area contributed by atoms with Gasteiger partial charge >= 0.3 is 5.97 Å². The number of nitrogens with zero attached hydrogens (tertiary/aromatic N) is 2. The number of likely N-dealkylation sites (N-methyl/N-ethyl adjacent to an activating group) is 1. The maximum Gasteiger partial charge on any atom is 0.341 e. The van der Waals surface area contributed by atoms with E-state index in [0.717, 1.165) is 24.8 Å². The Labute approximate surface area is 159 Å². The SMILES string of the molecule is CCCC(=O)N1CCCCC1C(=O)N(C)Cc1ccc(OCC(=O)O)cc1. The molecule has 1 fully saturated rings. The number of aliphatic carboxylic acids is 1. The lowest BCUT2D eigenvalue weighted by Crippen LogP contribution is -2.52. The number of carbonyl (C=O) groups excluding carboxylic acids is 2. The van der Waals surface area contributed by atoms with E-state index < -0.39 is 5.97 Å². The van der Waals surface area contributed by atoms with Gasteiger partial charge in [0.25, 0.3) is 0 Å². The number of likely N-dealkylation sites (tertiary alicyclic amines) is 1. The Morgan fingerprint density at radius 1 is 1.22 bits per heavy atom. The summed E-state index contributed by atoms with van der Waals surface area (Å²) in [4.78, 5) is 39.2. The van der Waals surface area contributed by atoms with Crippen LogP contribution in [0.25, 0.3) is 0 Å². The van der Waals surface area contributed by atoms with Gasteiger partial charge in [0.2, 0.25) is 11.8 Å². The number of rotatable bonds is 8. The summed E-state index contributed by atoms with van der Waals surface area (Å²) in [5.41, 5.74) is 0.913. The minimum Gasteiger partial charge on any atom is -0.482 e. The van der Waals surface area contributed by atoms with Crippen LogP contribution >= 0.6 is 0 Å². The zero-order valence-electron chi connectivity index (χ0n) is 16.0. The van der Waals surface area contributed by atoms with Crippen LogP contribution in [-0.4, -0.2) is 58.9 Å². The molecule has 2 rings (SSSR count). The summed E-state index contributed by atoms with van der Waals surface area (Å²) < 4.78 is 5.11. The van der Waals surface area contributed by atoms with Crippen molar-refractivity contribution in [3.63, 3.8) is 0 Å². The van der Waals surface area contributed by atoms with Gasteiger partial charge in [-0.25, -0.2) is 4.79 Å². The van der Waals surface area contributed by atoms with E-state index in [4.69, 9.17) is 9.84 Å². The summed E-state index contributed by atoms with van der Waals surface area (Å²) in [6.45, 7) is 2.65. The Morgan fingerprint density at radius 3 is 2.56 bits per heavy atom. The average Bonchev–Trinajstić information content (AvgIpc) is 2.67. The van der Waals surface area contributed by atoms with Crippen molar-refractivity contribution in [2.75, 3.05) is 20.2 Å². The van der Waals surface area contributed by atoms with Crippen molar-refractivity contribution in [3.8, 4) is 5.75 Å². The van der Waals surface area contributed by atoms with Crippen LogP contribution in [-0.2, 0) is 20.9 Å². The highest BCUT2D eigenvalue weighted by Crippen LogP contribution is 2.21. The second-order valence-corrected chi connectivity index (χ2v) is 6.87. The summed E-state index contributed by atoms with van der Waals surface area (Å²) in [5.74, 6) is -0.535. The minimum absolute atomic E-state index is 0.0367. The summed E-state index contributed by atoms with van der Waals surface area (Å²) in [6, 6.07) is 6.62. The van der Waals surface area contributed by atoms with Crippen LogP contribution in [0.1, 0.15) is 44.6 Å². The zero-order valence-corrected chi connectivity index (χ0v) is 16.0. The zero-order chi connectivity index (χ0) is 19.8. The molecular weight excluding hydrogens is 348 g/mol. The van der Waals surface area contributed by atoms with E-state index in [1.807, 2.05) is 19.1 Å². The highest BCUT2D eigenvalue weighted by atomic mass is 16.5. The molecule has 27 heavy (non-hydrogen) atoms. The number of benzene rings is 1. The molecule has 1 aliphatic heterocycles. The highest BCUT2D eigenvalue weighted by Gasteiger charge is 2.33. The van der Waals surface area contributed by atoms with Gasteiger partial charge in [0, 0.05) is 26.6 Å². The van der Waals surface area contributed by atoms with Crippen LogP contribution in [0.15, 0.2) is 24.3 Å². The molecule has 1 aliphatic rings. The lowest BCUT2D eigenvalue weighted by molar-refractivity contribution is -0.147. The lowest BCUT2D eigenvalue weighted by atomic mass is 10.00. The Hall–Kier alpha value is -2.57. The lowest BCUT2D eigenvalue weighted by Gasteiger charge is -2.37. The normalized spacial score (nSPS) is 16.7. The van der Waals surface area contributed by atoms with Gasteiger partial charge in [-0.15, -0.1) is 0 Å². The molecule has 0 radical (unpaired) electrons. The summed E-state index contributed by atoms with van der Waals surface area (Å²) in [7, 11) is 1.74. The van der Waals surface area contributed by atoms with Gasteiger partial charge in [-0.05, 0) is 43.4 Å². The third-order valence-electron chi connectivity index (χ3n) is 4.65. The number of carboxylic acid groups (broad SMARTS) is 1. The van der Waals surface area contributed by atoms with Crippen molar-refractivity contribution in [2.24, 2.45) is 0 Å².